The van der Waals surface area contributed by atoms with E-state index in [1.807, 2.05) is 0 Å². The van der Waals surface area contributed by atoms with E-state index in [0.717, 1.165) is 38.5 Å². The van der Waals surface area contributed by atoms with Gasteiger partial charge in [-0.2, -0.15) is 0 Å². The topological polar surface area (TPSA) is 49.4 Å². The monoisotopic (exact) mass is 274 g/mol. The van der Waals surface area contributed by atoms with Gasteiger partial charge in [-0.05, 0) is 38.6 Å². The summed E-state index contributed by atoms with van der Waals surface area (Å²) in [5.74, 6) is 1.43. The number of rotatable bonds is 6. The van der Waals surface area contributed by atoms with E-state index >= 15 is 0 Å². The van der Waals surface area contributed by atoms with Crippen LogP contribution in [-0.4, -0.2) is 56.5 Å². The Morgan fingerprint density at radius 3 is 2.72 bits per heavy atom. The van der Waals surface area contributed by atoms with Gasteiger partial charge in [-0.1, -0.05) is 6.92 Å². The Kier molecular flexibility index (Phi) is 4.34. The molecule has 0 aromatic rings. The maximum absolute atomic E-state index is 11.5. The lowest BCUT2D eigenvalue weighted by Gasteiger charge is -2.46. The zero-order valence-corrected chi connectivity index (χ0v) is 12.4. The van der Waals surface area contributed by atoms with Gasteiger partial charge in [0, 0.05) is 30.9 Å². The molecule has 1 aliphatic carbocycles. The first-order valence-electron chi connectivity index (χ1n) is 7.14. The Morgan fingerprint density at radius 2 is 2.11 bits per heavy atom. The minimum atomic E-state index is -2.80. The number of hydrogen-bond acceptors (Lipinski definition) is 4. The van der Waals surface area contributed by atoms with E-state index in [2.05, 4.69) is 17.1 Å². The summed E-state index contributed by atoms with van der Waals surface area (Å²) in [7, 11) is -2.80. The number of nitrogens with zero attached hydrogens (tertiary/aromatic N) is 1. The molecule has 0 aromatic heterocycles. The molecule has 18 heavy (non-hydrogen) atoms. The molecule has 1 atom stereocenters. The van der Waals surface area contributed by atoms with Crippen molar-refractivity contribution in [2.45, 2.75) is 38.6 Å². The molecule has 0 bridgehead atoms. The van der Waals surface area contributed by atoms with Crippen molar-refractivity contribution in [2.24, 2.45) is 5.92 Å². The molecule has 2 fully saturated rings. The molecule has 0 spiro atoms. The maximum Gasteiger partial charge on any atom is 0.150 e. The third-order valence-corrected chi connectivity index (χ3v) is 6.33. The molecule has 0 aromatic carbocycles. The first-order chi connectivity index (χ1) is 8.48. The van der Waals surface area contributed by atoms with Gasteiger partial charge in [0.15, 0.2) is 0 Å². The second-order valence-corrected chi connectivity index (χ2v) is 8.36. The summed E-state index contributed by atoms with van der Waals surface area (Å²) in [6, 6.07) is 0. The highest BCUT2D eigenvalue weighted by molar-refractivity contribution is 7.91. The zero-order valence-electron chi connectivity index (χ0n) is 11.6. The van der Waals surface area contributed by atoms with Crippen LogP contribution in [0.5, 0.6) is 0 Å². The summed E-state index contributed by atoms with van der Waals surface area (Å²) in [6.45, 7) is 8.13. The van der Waals surface area contributed by atoms with Crippen molar-refractivity contribution in [2.75, 3.05) is 37.7 Å². The van der Waals surface area contributed by atoms with Gasteiger partial charge in [0.2, 0.25) is 0 Å². The molecular formula is C13H26N2O2S. The summed E-state index contributed by atoms with van der Waals surface area (Å²) >= 11 is 0. The lowest BCUT2D eigenvalue weighted by Crippen LogP contribution is -2.61. The van der Waals surface area contributed by atoms with Crippen LogP contribution in [0.3, 0.4) is 0 Å². The van der Waals surface area contributed by atoms with Crippen molar-refractivity contribution in [3.8, 4) is 0 Å². The molecule has 0 radical (unpaired) electrons. The summed E-state index contributed by atoms with van der Waals surface area (Å²) in [5.41, 5.74) is 0.258. The van der Waals surface area contributed by atoms with Crippen molar-refractivity contribution < 1.29 is 8.42 Å². The average molecular weight is 274 g/mol. The number of nitrogens with one attached hydrogen (secondary N) is 1. The second kappa shape index (κ2) is 5.47. The highest BCUT2D eigenvalue weighted by Gasteiger charge is 2.46. The van der Waals surface area contributed by atoms with Crippen molar-refractivity contribution in [1.29, 1.82) is 0 Å². The minimum absolute atomic E-state index is 0.258. The fourth-order valence-corrected chi connectivity index (χ4v) is 3.87. The molecule has 1 N–H and O–H groups in total. The number of piperazine rings is 1. The Balaban J connectivity index is 1.86. The third kappa shape index (κ3) is 3.25. The third-order valence-electron chi connectivity index (χ3n) is 4.54. The maximum atomic E-state index is 11.5. The molecule has 2 aliphatic rings. The molecule has 106 valence electrons. The van der Waals surface area contributed by atoms with Crippen LogP contribution >= 0.6 is 0 Å². The van der Waals surface area contributed by atoms with Crippen LogP contribution in [0.4, 0.5) is 0 Å². The van der Waals surface area contributed by atoms with Gasteiger partial charge >= 0.3 is 0 Å². The molecule has 1 saturated carbocycles. The van der Waals surface area contributed by atoms with Crippen molar-refractivity contribution >= 4 is 9.84 Å². The minimum Gasteiger partial charge on any atom is -0.314 e. The van der Waals surface area contributed by atoms with Crippen molar-refractivity contribution in [3.63, 3.8) is 0 Å². The number of sulfone groups is 1. The molecular weight excluding hydrogens is 248 g/mol. The highest BCUT2D eigenvalue weighted by Crippen LogP contribution is 2.43. The van der Waals surface area contributed by atoms with E-state index < -0.39 is 9.84 Å². The van der Waals surface area contributed by atoms with Crippen LogP contribution < -0.4 is 5.32 Å². The summed E-state index contributed by atoms with van der Waals surface area (Å²) in [6.07, 6.45) is 3.45. The van der Waals surface area contributed by atoms with Gasteiger partial charge in [-0.15, -0.1) is 0 Å². The Morgan fingerprint density at radius 1 is 1.39 bits per heavy atom. The summed E-state index contributed by atoms with van der Waals surface area (Å²) < 4.78 is 23.0. The molecule has 4 nitrogen and oxygen atoms in total. The van der Waals surface area contributed by atoms with Gasteiger partial charge in [-0.25, -0.2) is 8.42 Å². The van der Waals surface area contributed by atoms with Crippen LogP contribution in [0.15, 0.2) is 0 Å². The SMILES string of the molecule is CCS(=O)(=O)CCCN1CCNCC1(C)C1CC1. The molecule has 2 rings (SSSR count). The lowest BCUT2D eigenvalue weighted by atomic mass is 9.91. The van der Waals surface area contributed by atoms with Crippen LogP contribution in [0.25, 0.3) is 0 Å². The standard InChI is InChI=1S/C13H26N2O2S/c1-3-18(16,17)10-4-8-15-9-7-14-11-13(15,2)12-5-6-12/h12,14H,3-11H2,1-2H3. The van der Waals surface area contributed by atoms with E-state index in [9.17, 15) is 8.42 Å². The zero-order chi connectivity index (χ0) is 13.2. The van der Waals surface area contributed by atoms with Crippen LogP contribution in [0.1, 0.15) is 33.1 Å². The second-order valence-electron chi connectivity index (χ2n) is 5.89. The predicted molar refractivity (Wildman–Crippen MR) is 74.5 cm³/mol. The molecule has 1 aliphatic heterocycles. The summed E-state index contributed by atoms with van der Waals surface area (Å²) in [5, 5.41) is 3.48. The fraction of sp³-hybridized carbons (Fsp3) is 1.00. The molecule has 1 unspecified atom stereocenters. The predicted octanol–water partition coefficient (Wildman–Crippen LogP) is 0.885. The Labute approximate surface area is 111 Å². The molecule has 1 saturated heterocycles. The van der Waals surface area contributed by atoms with Crippen LogP contribution in [-0.2, 0) is 9.84 Å². The van der Waals surface area contributed by atoms with E-state index in [4.69, 9.17) is 0 Å². The fourth-order valence-electron chi connectivity index (χ4n) is 3.02. The van der Waals surface area contributed by atoms with E-state index in [1.54, 1.807) is 6.92 Å². The van der Waals surface area contributed by atoms with Crippen LogP contribution in [0.2, 0.25) is 0 Å². The highest BCUT2D eigenvalue weighted by atomic mass is 32.2. The van der Waals surface area contributed by atoms with Gasteiger partial charge < -0.3 is 5.32 Å². The summed E-state index contributed by atoms with van der Waals surface area (Å²) in [4.78, 5) is 2.52. The van der Waals surface area contributed by atoms with Gasteiger partial charge in [0.05, 0.1) is 5.75 Å². The van der Waals surface area contributed by atoms with E-state index in [1.165, 1.54) is 12.8 Å². The molecule has 5 heteroatoms. The van der Waals surface area contributed by atoms with Crippen molar-refractivity contribution in [1.82, 2.24) is 10.2 Å². The van der Waals surface area contributed by atoms with Gasteiger partial charge in [0.1, 0.15) is 9.84 Å². The smallest absolute Gasteiger partial charge is 0.150 e. The van der Waals surface area contributed by atoms with Gasteiger partial charge in [-0.3, -0.25) is 4.90 Å². The number of hydrogen-bond donors (Lipinski definition) is 1. The Hall–Kier alpha value is -0.130. The first-order valence-corrected chi connectivity index (χ1v) is 8.96. The lowest BCUT2D eigenvalue weighted by molar-refractivity contribution is 0.0563. The average Bonchev–Trinajstić information content (AvgIpc) is 3.16. The molecule has 0 amide bonds. The first kappa shape index (κ1) is 14.3. The van der Waals surface area contributed by atoms with Gasteiger partial charge in [0.25, 0.3) is 0 Å². The van der Waals surface area contributed by atoms with E-state index in [0.29, 0.717) is 5.75 Å². The molecule has 1 heterocycles. The van der Waals surface area contributed by atoms with Crippen LogP contribution in [0, 0.1) is 5.92 Å². The van der Waals surface area contributed by atoms with Crippen molar-refractivity contribution in [3.05, 3.63) is 0 Å². The normalized spacial score (nSPS) is 30.6. The Bertz CT molecular complexity index is 378. The van der Waals surface area contributed by atoms with E-state index in [-0.39, 0.29) is 11.3 Å². The largest absolute Gasteiger partial charge is 0.314 e. The quantitative estimate of drug-likeness (QED) is 0.781.